The van der Waals surface area contributed by atoms with Gasteiger partial charge in [0.15, 0.2) is 11.5 Å². The number of phenols is 1. The summed E-state index contributed by atoms with van der Waals surface area (Å²) < 4.78 is 6.17. The number of nitrogens with zero attached hydrogens (tertiary/aromatic N) is 1. The molecule has 0 spiro atoms. The smallest absolute Gasteiger partial charge is 0.162 e. The van der Waals surface area contributed by atoms with Crippen molar-refractivity contribution in [2.45, 2.75) is 19.4 Å². The molecule has 2 N–H and O–H groups in total. The number of methoxy groups -OCH3 is 1. The maximum absolute atomic E-state index is 10.4. The number of nitrogens with one attached hydrogen (secondary N) is 1. The van der Waals surface area contributed by atoms with Crippen molar-refractivity contribution in [3.63, 3.8) is 0 Å². The highest BCUT2D eigenvalue weighted by Crippen LogP contribution is 2.40. The van der Waals surface area contributed by atoms with Crippen LogP contribution in [0, 0.1) is 0 Å². The molecular formula is C14H23BrCl2N2O2. The van der Waals surface area contributed by atoms with Crippen LogP contribution in [0.25, 0.3) is 0 Å². The van der Waals surface area contributed by atoms with Crippen molar-refractivity contribution in [1.82, 2.24) is 10.2 Å². The number of rotatable bonds is 4. The van der Waals surface area contributed by atoms with E-state index in [2.05, 4.69) is 33.1 Å². The van der Waals surface area contributed by atoms with Gasteiger partial charge in [-0.05, 0) is 18.6 Å². The number of hydrogen-bond donors (Lipinski definition) is 2. The Bertz CT molecular complexity index is 443. The van der Waals surface area contributed by atoms with Crippen molar-refractivity contribution in [1.29, 1.82) is 0 Å². The van der Waals surface area contributed by atoms with Crippen molar-refractivity contribution in [2.75, 3.05) is 33.3 Å². The number of piperazine rings is 1. The van der Waals surface area contributed by atoms with Gasteiger partial charge in [-0.15, -0.1) is 24.8 Å². The van der Waals surface area contributed by atoms with Crippen LogP contribution in [0.1, 0.15) is 24.9 Å². The van der Waals surface area contributed by atoms with Crippen molar-refractivity contribution in [3.05, 3.63) is 22.2 Å². The number of aromatic hydroxyl groups is 1. The minimum Gasteiger partial charge on any atom is -0.504 e. The lowest BCUT2D eigenvalue weighted by molar-refractivity contribution is 0.166. The Kier molecular flexibility index (Phi) is 9.65. The Morgan fingerprint density at radius 2 is 1.95 bits per heavy atom. The molecular weight excluding hydrogens is 379 g/mol. The summed E-state index contributed by atoms with van der Waals surface area (Å²) in [6, 6.07) is 4.02. The molecule has 1 aromatic carbocycles. The fourth-order valence-corrected chi connectivity index (χ4v) is 3.13. The third kappa shape index (κ3) is 4.89. The van der Waals surface area contributed by atoms with Crippen LogP contribution in [0.3, 0.4) is 0 Å². The van der Waals surface area contributed by atoms with Crippen molar-refractivity contribution in [2.24, 2.45) is 0 Å². The molecule has 7 heteroatoms. The van der Waals surface area contributed by atoms with E-state index < -0.39 is 0 Å². The Morgan fingerprint density at radius 1 is 1.33 bits per heavy atom. The fraction of sp³-hybridized carbons (Fsp3) is 0.571. The van der Waals surface area contributed by atoms with E-state index in [1.807, 2.05) is 6.07 Å². The highest BCUT2D eigenvalue weighted by Gasteiger charge is 2.24. The normalized spacial score (nSPS) is 16.5. The lowest BCUT2D eigenvalue weighted by atomic mass is 10.0. The second-order valence-corrected chi connectivity index (χ2v) is 5.67. The van der Waals surface area contributed by atoms with Crippen LogP contribution in [0.15, 0.2) is 16.6 Å². The predicted octanol–water partition coefficient (Wildman–Crippen LogP) is 3.36. The van der Waals surface area contributed by atoms with E-state index in [4.69, 9.17) is 4.74 Å². The average Bonchev–Trinajstić information content (AvgIpc) is 2.44. The van der Waals surface area contributed by atoms with Gasteiger partial charge in [0.25, 0.3) is 0 Å². The molecule has 0 radical (unpaired) electrons. The molecule has 1 heterocycles. The van der Waals surface area contributed by atoms with Gasteiger partial charge in [-0.2, -0.15) is 0 Å². The third-order valence-corrected chi connectivity index (χ3v) is 4.09. The van der Waals surface area contributed by atoms with Gasteiger partial charge < -0.3 is 15.2 Å². The van der Waals surface area contributed by atoms with Crippen LogP contribution < -0.4 is 10.1 Å². The Hall–Kier alpha value is -0.200. The summed E-state index contributed by atoms with van der Waals surface area (Å²) in [7, 11) is 1.58. The highest BCUT2D eigenvalue weighted by molar-refractivity contribution is 9.10. The molecule has 4 nitrogen and oxygen atoms in total. The summed E-state index contributed by atoms with van der Waals surface area (Å²) in [5.41, 5.74) is 0.940. The van der Waals surface area contributed by atoms with E-state index >= 15 is 0 Å². The summed E-state index contributed by atoms with van der Waals surface area (Å²) in [5.74, 6) is 0.786. The average molecular weight is 402 g/mol. The molecule has 0 unspecified atom stereocenters. The number of phenolic OH excluding ortho intramolecular Hbond substituents is 1. The Morgan fingerprint density at radius 3 is 2.48 bits per heavy atom. The predicted molar refractivity (Wildman–Crippen MR) is 94.3 cm³/mol. The van der Waals surface area contributed by atoms with Gasteiger partial charge in [0.1, 0.15) is 0 Å². The van der Waals surface area contributed by atoms with Crippen molar-refractivity contribution < 1.29 is 9.84 Å². The lowest BCUT2D eigenvalue weighted by Crippen LogP contribution is -2.45. The lowest BCUT2D eigenvalue weighted by Gasteiger charge is -2.35. The Balaban J connectivity index is 0.00000200. The van der Waals surface area contributed by atoms with Crippen LogP contribution in [-0.2, 0) is 0 Å². The SMILES string of the molecule is CC[C@H](c1cc(Br)cc(OC)c1O)N1CCNCC1.Cl.Cl. The molecule has 0 aromatic heterocycles. The second-order valence-electron chi connectivity index (χ2n) is 4.76. The number of ether oxygens (including phenoxy) is 1. The zero-order valence-corrected chi connectivity index (χ0v) is 15.5. The second kappa shape index (κ2) is 9.74. The molecule has 0 saturated carbocycles. The molecule has 2 rings (SSSR count). The zero-order valence-electron chi connectivity index (χ0n) is 12.3. The minimum atomic E-state index is 0. The van der Waals surface area contributed by atoms with Crippen LogP contribution in [-0.4, -0.2) is 43.3 Å². The maximum atomic E-state index is 10.4. The van der Waals surface area contributed by atoms with E-state index in [1.165, 1.54) is 0 Å². The Labute approximate surface area is 147 Å². The maximum Gasteiger partial charge on any atom is 0.162 e. The summed E-state index contributed by atoms with van der Waals surface area (Å²) in [5, 5.41) is 13.7. The van der Waals surface area contributed by atoms with Gasteiger partial charge >= 0.3 is 0 Å². The monoisotopic (exact) mass is 400 g/mol. The van der Waals surface area contributed by atoms with Crippen LogP contribution >= 0.6 is 40.7 Å². The van der Waals surface area contributed by atoms with Gasteiger partial charge in [-0.25, -0.2) is 0 Å². The minimum absolute atomic E-state index is 0. The largest absolute Gasteiger partial charge is 0.504 e. The van der Waals surface area contributed by atoms with Crippen molar-refractivity contribution >= 4 is 40.7 Å². The molecule has 0 aliphatic carbocycles. The molecule has 1 fully saturated rings. The molecule has 21 heavy (non-hydrogen) atoms. The standard InChI is InChI=1S/C14H21BrN2O2.2ClH/c1-3-12(17-6-4-16-5-7-17)11-8-10(15)9-13(19-2)14(11)18;;/h8-9,12,16,18H,3-7H2,1-2H3;2*1H/t12-;;/m1../s1. The molecule has 1 saturated heterocycles. The van der Waals surface area contributed by atoms with Crippen molar-refractivity contribution in [3.8, 4) is 11.5 Å². The molecule has 1 aliphatic heterocycles. The first-order chi connectivity index (χ1) is 9.17. The highest BCUT2D eigenvalue weighted by atomic mass is 79.9. The van der Waals surface area contributed by atoms with E-state index in [-0.39, 0.29) is 36.6 Å². The van der Waals surface area contributed by atoms with Crippen LogP contribution in [0.4, 0.5) is 0 Å². The van der Waals surface area contributed by atoms with E-state index in [1.54, 1.807) is 13.2 Å². The van der Waals surface area contributed by atoms with Gasteiger partial charge in [0, 0.05) is 42.3 Å². The molecule has 0 bridgehead atoms. The number of hydrogen-bond acceptors (Lipinski definition) is 4. The third-order valence-electron chi connectivity index (χ3n) is 3.63. The zero-order chi connectivity index (χ0) is 13.8. The van der Waals surface area contributed by atoms with Gasteiger partial charge in [-0.1, -0.05) is 22.9 Å². The van der Waals surface area contributed by atoms with E-state index in [0.717, 1.165) is 42.6 Å². The van der Waals surface area contributed by atoms with E-state index in [0.29, 0.717) is 5.75 Å². The summed E-state index contributed by atoms with van der Waals surface area (Å²) in [6.45, 7) is 6.17. The summed E-state index contributed by atoms with van der Waals surface area (Å²) in [6.07, 6.45) is 0.965. The summed E-state index contributed by atoms with van der Waals surface area (Å²) in [4.78, 5) is 2.41. The number of benzene rings is 1. The van der Waals surface area contributed by atoms with E-state index in [9.17, 15) is 5.11 Å². The molecule has 1 aromatic rings. The first-order valence-corrected chi connectivity index (χ1v) is 7.47. The molecule has 1 aliphatic rings. The first-order valence-electron chi connectivity index (χ1n) is 6.68. The molecule has 0 amide bonds. The van der Waals surface area contributed by atoms with Crippen LogP contribution in [0.2, 0.25) is 0 Å². The molecule has 122 valence electrons. The summed E-state index contributed by atoms with van der Waals surface area (Å²) >= 11 is 3.49. The van der Waals surface area contributed by atoms with Gasteiger partial charge in [0.05, 0.1) is 7.11 Å². The fourth-order valence-electron chi connectivity index (χ4n) is 2.67. The topological polar surface area (TPSA) is 44.7 Å². The quantitative estimate of drug-likeness (QED) is 0.811. The van der Waals surface area contributed by atoms with Gasteiger partial charge in [0.2, 0.25) is 0 Å². The first kappa shape index (κ1) is 20.8. The van der Waals surface area contributed by atoms with Gasteiger partial charge in [-0.3, -0.25) is 4.90 Å². The molecule has 1 atom stereocenters. The van der Waals surface area contributed by atoms with Crippen LogP contribution in [0.5, 0.6) is 11.5 Å². The number of halogens is 3.